The number of furan rings is 1. The molecule has 0 atom stereocenters. The first-order valence-corrected chi connectivity index (χ1v) is 9.66. The molecular weight excluding hydrogens is 408 g/mol. The summed E-state index contributed by atoms with van der Waals surface area (Å²) in [4.78, 5) is 40.8. The molecule has 4 rings (SSSR count). The molecule has 158 valence electrons. The van der Waals surface area contributed by atoms with Gasteiger partial charge in [-0.25, -0.2) is 0 Å². The highest BCUT2D eigenvalue weighted by atomic mass is 16.3. The molecule has 0 saturated carbocycles. The van der Waals surface area contributed by atoms with Crippen molar-refractivity contribution in [3.05, 3.63) is 108 Å². The fourth-order valence-corrected chi connectivity index (χ4v) is 2.88. The van der Waals surface area contributed by atoms with Crippen LogP contribution in [0.2, 0.25) is 0 Å². The van der Waals surface area contributed by atoms with E-state index < -0.39 is 0 Å². The lowest BCUT2D eigenvalue weighted by molar-refractivity contribution is 0.0993. The number of pyridine rings is 1. The lowest BCUT2D eigenvalue weighted by Crippen LogP contribution is -2.15. The molecule has 0 unspecified atom stereocenters. The number of benzene rings is 2. The van der Waals surface area contributed by atoms with E-state index in [2.05, 4.69) is 20.9 Å². The zero-order chi connectivity index (χ0) is 22.3. The number of rotatable bonds is 6. The van der Waals surface area contributed by atoms with Crippen LogP contribution in [0.4, 0.5) is 17.1 Å². The Kier molecular flexibility index (Phi) is 6.03. The van der Waals surface area contributed by atoms with Gasteiger partial charge in [-0.3, -0.25) is 19.4 Å². The third-order valence-corrected chi connectivity index (χ3v) is 4.45. The van der Waals surface area contributed by atoms with E-state index in [4.69, 9.17) is 4.42 Å². The predicted octanol–water partition coefficient (Wildman–Crippen LogP) is 4.43. The summed E-state index contributed by atoms with van der Waals surface area (Å²) in [6.45, 7) is 0. The number of carbonyl (C=O) groups excluding carboxylic acids is 3. The van der Waals surface area contributed by atoms with Gasteiger partial charge in [0.15, 0.2) is 5.76 Å². The van der Waals surface area contributed by atoms with Crippen molar-refractivity contribution in [3.63, 3.8) is 0 Å². The molecular formula is C24H18N4O4. The Bertz CT molecular complexity index is 1240. The summed E-state index contributed by atoms with van der Waals surface area (Å²) in [5.74, 6) is -0.812. The summed E-state index contributed by atoms with van der Waals surface area (Å²) < 4.78 is 5.05. The highest BCUT2D eigenvalue weighted by molar-refractivity contribution is 6.07. The van der Waals surface area contributed by atoms with Crippen LogP contribution in [0.1, 0.15) is 31.3 Å². The smallest absolute Gasteiger partial charge is 0.291 e. The SMILES string of the molecule is O=C(Nc1cccc(C(=O)Nc2ccc(NC(=O)c3ccco3)cc2)c1)c1cccnc1. The largest absolute Gasteiger partial charge is 0.459 e. The predicted molar refractivity (Wildman–Crippen MR) is 120 cm³/mol. The van der Waals surface area contributed by atoms with Crippen LogP contribution in [0, 0.1) is 0 Å². The van der Waals surface area contributed by atoms with Crippen molar-refractivity contribution in [3.8, 4) is 0 Å². The summed E-state index contributed by atoms with van der Waals surface area (Å²) in [5.41, 5.74) is 2.40. The molecule has 0 aliphatic heterocycles. The molecule has 0 bridgehead atoms. The van der Waals surface area contributed by atoms with Crippen LogP contribution in [-0.4, -0.2) is 22.7 Å². The van der Waals surface area contributed by atoms with Gasteiger partial charge in [-0.05, 0) is 66.7 Å². The Morgan fingerprint density at radius 1 is 0.656 bits per heavy atom. The number of nitrogens with one attached hydrogen (secondary N) is 3. The van der Waals surface area contributed by atoms with Gasteiger partial charge in [0.1, 0.15) is 0 Å². The van der Waals surface area contributed by atoms with E-state index in [1.807, 2.05) is 0 Å². The molecule has 32 heavy (non-hydrogen) atoms. The number of aromatic nitrogens is 1. The van der Waals surface area contributed by atoms with Gasteiger partial charge in [-0.2, -0.15) is 0 Å². The average Bonchev–Trinajstić information content (AvgIpc) is 3.36. The third kappa shape index (κ3) is 5.06. The second-order valence-electron chi connectivity index (χ2n) is 6.74. The van der Waals surface area contributed by atoms with E-state index >= 15 is 0 Å². The molecule has 0 radical (unpaired) electrons. The van der Waals surface area contributed by atoms with Gasteiger partial charge in [-0.15, -0.1) is 0 Å². The van der Waals surface area contributed by atoms with E-state index in [1.54, 1.807) is 79.0 Å². The summed E-state index contributed by atoms with van der Waals surface area (Å²) >= 11 is 0. The lowest BCUT2D eigenvalue weighted by atomic mass is 10.1. The molecule has 4 aromatic rings. The Balaban J connectivity index is 1.38. The summed E-state index contributed by atoms with van der Waals surface area (Å²) in [6, 6.07) is 19.8. The van der Waals surface area contributed by atoms with Gasteiger partial charge in [0.2, 0.25) is 0 Å². The zero-order valence-corrected chi connectivity index (χ0v) is 16.7. The number of amides is 3. The molecule has 0 aliphatic carbocycles. The van der Waals surface area contributed by atoms with Gasteiger partial charge in [0.05, 0.1) is 11.8 Å². The van der Waals surface area contributed by atoms with Crippen molar-refractivity contribution in [1.82, 2.24) is 4.98 Å². The first-order chi connectivity index (χ1) is 15.6. The van der Waals surface area contributed by atoms with Crippen LogP contribution < -0.4 is 16.0 Å². The molecule has 0 aliphatic rings. The van der Waals surface area contributed by atoms with Crippen molar-refractivity contribution < 1.29 is 18.8 Å². The maximum Gasteiger partial charge on any atom is 0.291 e. The highest BCUT2D eigenvalue weighted by Gasteiger charge is 2.11. The molecule has 8 heteroatoms. The van der Waals surface area contributed by atoms with Crippen LogP contribution in [0.3, 0.4) is 0 Å². The first-order valence-electron chi connectivity index (χ1n) is 9.66. The van der Waals surface area contributed by atoms with E-state index in [-0.39, 0.29) is 23.5 Å². The standard InChI is InChI=1S/C24H18N4O4/c29-22(16-4-1-6-20(14-16)28-23(30)17-5-2-12-25-15-17)26-18-8-10-19(11-9-18)27-24(31)21-7-3-13-32-21/h1-15H,(H,26,29)(H,27,31)(H,28,30). The molecule has 2 aromatic carbocycles. The minimum Gasteiger partial charge on any atom is -0.459 e. The van der Waals surface area contributed by atoms with Crippen molar-refractivity contribution in [2.24, 2.45) is 0 Å². The first kappa shape index (κ1) is 20.5. The van der Waals surface area contributed by atoms with E-state index in [1.165, 1.54) is 12.5 Å². The summed E-state index contributed by atoms with van der Waals surface area (Å²) in [6.07, 6.45) is 4.47. The second-order valence-corrected chi connectivity index (χ2v) is 6.74. The number of carbonyl (C=O) groups is 3. The average molecular weight is 426 g/mol. The highest BCUT2D eigenvalue weighted by Crippen LogP contribution is 2.17. The Morgan fingerprint density at radius 3 is 1.97 bits per heavy atom. The second kappa shape index (κ2) is 9.40. The maximum absolute atomic E-state index is 12.6. The molecule has 3 N–H and O–H groups in total. The number of hydrogen-bond donors (Lipinski definition) is 3. The van der Waals surface area contributed by atoms with E-state index in [0.29, 0.717) is 28.2 Å². The molecule has 2 aromatic heterocycles. The van der Waals surface area contributed by atoms with Gasteiger partial charge in [0.25, 0.3) is 17.7 Å². The fourth-order valence-electron chi connectivity index (χ4n) is 2.88. The maximum atomic E-state index is 12.6. The molecule has 0 spiro atoms. The number of nitrogens with zero attached hydrogens (tertiary/aromatic N) is 1. The van der Waals surface area contributed by atoms with Crippen molar-refractivity contribution in [2.75, 3.05) is 16.0 Å². The minimum atomic E-state index is -0.364. The normalized spacial score (nSPS) is 10.2. The van der Waals surface area contributed by atoms with E-state index in [9.17, 15) is 14.4 Å². The zero-order valence-electron chi connectivity index (χ0n) is 16.7. The summed E-state index contributed by atoms with van der Waals surface area (Å²) in [7, 11) is 0. The Morgan fingerprint density at radius 2 is 1.31 bits per heavy atom. The van der Waals surface area contributed by atoms with E-state index in [0.717, 1.165) is 0 Å². The van der Waals surface area contributed by atoms with Crippen molar-refractivity contribution >= 4 is 34.8 Å². The number of hydrogen-bond acceptors (Lipinski definition) is 5. The molecule has 0 saturated heterocycles. The Hall–Kier alpha value is -4.72. The van der Waals surface area contributed by atoms with Crippen LogP contribution in [-0.2, 0) is 0 Å². The van der Waals surface area contributed by atoms with Crippen LogP contribution in [0.15, 0.2) is 95.9 Å². The molecule has 2 heterocycles. The van der Waals surface area contributed by atoms with Crippen molar-refractivity contribution in [1.29, 1.82) is 0 Å². The van der Waals surface area contributed by atoms with Gasteiger partial charge < -0.3 is 20.4 Å². The van der Waals surface area contributed by atoms with Crippen LogP contribution in [0.5, 0.6) is 0 Å². The van der Waals surface area contributed by atoms with Gasteiger partial charge in [-0.1, -0.05) is 6.07 Å². The third-order valence-electron chi connectivity index (χ3n) is 4.45. The van der Waals surface area contributed by atoms with Crippen molar-refractivity contribution in [2.45, 2.75) is 0 Å². The summed E-state index contributed by atoms with van der Waals surface area (Å²) in [5, 5.41) is 8.24. The Labute approximate surface area is 183 Å². The van der Waals surface area contributed by atoms with Crippen LogP contribution in [0.25, 0.3) is 0 Å². The minimum absolute atomic E-state index is 0.206. The molecule has 8 nitrogen and oxygen atoms in total. The quantitative estimate of drug-likeness (QED) is 0.422. The topological polar surface area (TPSA) is 113 Å². The van der Waals surface area contributed by atoms with Crippen LogP contribution >= 0.6 is 0 Å². The monoisotopic (exact) mass is 426 g/mol. The molecule has 0 fully saturated rings. The number of anilines is 3. The molecule has 3 amide bonds. The van der Waals surface area contributed by atoms with Gasteiger partial charge >= 0.3 is 0 Å². The lowest BCUT2D eigenvalue weighted by Gasteiger charge is -2.09. The fraction of sp³-hybridized carbons (Fsp3) is 0. The van der Waals surface area contributed by atoms with Gasteiger partial charge in [0, 0.05) is 35.0 Å².